The Hall–Kier alpha value is -1.95. The van der Waals surface area contributed by atoms with Crippen LogP contribution < -0.4 is 9.61 Å². The van der Waals surface area contributed by atoms with Gasteiger partial charge in [-0.25, -0.2) is 0 Å². The van der Waals surface area contributed by atoms with E-state index in [1.807, 2.05) is 0 Å². The Morgan fingerprint density at radius 3 is 2.71 bits per heavy atom. The smallest absolute Gasteiger partial charge is 0.307 e. The number of H-pyrrole nitrogens is 1. The van der Waals surface area contributed by atoms with Crippen LogP contribution in [0.1, 0.15) is 10.4 Å². The van der Waals surface area contributed by atoms with Crippen molar-refractivity contribution >= 4 is 11.3 Å². The van der Waals surface area contributed by atoms with Crippen LogP contribution in [0.3, 0.4) is 0 Å². The summed E-state index contributed by atoms with van der Waals surface area (Å²) in [6, 6.07) is 4.95. The number of nitrogens with one attached hydrogen (secondary N) is 1. The number of aromatic amines is 1. The summed E-state index contributed by atoms with van der Waals surface area (Å²) in [5.74, 6) is 0.308. The quantitative estimate of drug-likeness (QED) is 0.773. The van der Waals surface area contributed by atoms with Crippen molar-refractivity contribution in [3.8, 4) is 17.4 Å². The monoisotopic (exact) mass is 253 g/mol. The number of aromatic hydroxyl groups is 2. The third-order valence-electron chi connectivity index (χ3n) is 2.31. The molecule has 17 heavy (non-hydrogen) atoms. The lowest BCUT2D eigenvalue weighted by molar-refractivity contribution is 0.373. The molecule has 2 rings (SSSR count). The number of phenols is 1. The summed E-state index contributed by atoms with van der Waals surface area (Å²) in [6.45, 7) is 0. The minimum Gasteiger partial charge on any atom is -0.504 e. The van der Waals surface area contributed by atoms with Crippen molar-refractivity contribution in [1.82, 2.24) is 4.98 Å². The second kappa shape index (κ2) is 4.50. The second-order valence-electron chi connectivity index (χ2n) is 3.47. The van der Waals surface area contributed by atoms with E-state index in [0.717, 1.165) is 16.9 Å². The van der Waals surface area contributed by atoms with Crippen molar-refractivity contribution in [2.45, 2.75) is 6.42 Å². The Morgan fingerprint density at radius 1 is 1.41 bits per heavy atom. The summed E-state index contributed by atoms with van der Waals surface area (Å²) in [6.07, 6.45) is 0.382. The summed E-state index contributed by atoms with van der Waals surface area (Å²) in [5.41, 5.74) is 0.786. The van der Waals surface area contributed by atoms with Crippen molar-refractivity contribution in [3.63, 3.8) is 0 Å². The Balaban J connectivity index is 2.27. The Kier molecular flexibility index (Phi) is 3.06. The van der Waals surface area contributed by atoms with Crippen molar-refractivity contribution in [3.05, 3.63) is 38.3 Å². The van der Waals surface area contributed by atoms with E-state index < -0.39 is 0 Å². The van der Waals surface area contributed by atoms with Crippen LogP contribution in [0.5, 0.6) is 17.4 Å². The van der Waals surface area contributed by atoms with Gasteiger partial charge in [0.15, 0.2) is 11.5 Å². The van der Waals surface area contributed by atoms with Crippen molar-refractivity contribution in [1.29, 1.82) is 0 Å². The Labute approximate surface area is 101 Å². The Morgan fingerprint density at radius 2 is 2.18 bits per heavy atom. The number of hydrogen-bond acceptors (Lipinski definition) is 5. The van der Waals surface area contributed by atoms with E-state index in [-0.39, 0.29) is 16.5 Å². The number of ether oxygens (including phenoxy) is 1. The highest BCUT2D eigenvalue weighted by Gasteiger charge is 2.09. The normalized spacial score (nSPS) is 10.4. The zero-order chi connectivity index (χ0) is 12.4. The first-order chi connectivity index (χ1) is 8.10. The van der Waals surface area contributed by atoms with E-state index >= 15 is 0 Å². The highest BCUT2D eigenvalue weighted by atomic mass is 32.1. The van der Waals surface area contributed by atoms with E-state index in [0.29, 0.717) is 17.0 Å². The Bertz CT molecular complexity index is 587. The van der Waals surface area contributed by atoms with Gasteiger partial charge >= 0.3 is 4.87 Å². The maximum Gasteiger partial charge on any atom is 0.307 e. The zero-order valence-electron chi connectivity index (χ0n) is 9.06. The van der Waals surface area contributed by atoms with Gasteiger partial charge in [-0.1, -0.05) is 17.4 Å². The van der Waals surface area contributed by atoms with Crippen LogP contribution in [0, 0.1) is 0 Å². The van der Waals surface area contributed by atoms with Gasteiger partial charge in [-0.05, 0) is 17.7 Å². The largest absolute Gasteiger partial charge is 0.504 e. The maximum absolute atomic E-state index is 11.0. The summed E-state index contributed by atoms with van der Waals surface area (Å²) in [4.78, 5) is 13.5. The van der Waals surface area contributed by atoms with Gasteiger partial charge in [0.05, 0.1) is 12.0 Å². The van der Waals surface area contributed by atoms with E-state index in [1.165, 1.54) is 7.11 Å². The molecule has 0 radical (unpaired) electrons. The van der Waals surface area contributed by atoms with Crippen LogP contribution in [0.2, 0.25) is 0 Å². The highest BCUT2D eigenvalue weighted by Crippen LogP contribution is 2.28. The van der Waals surface area contributed by atoms with Gasteiger partial charge in [0.1, 0.15) is 0 Å². The maximum atomic E-state index is 11.0. The lowest BCUT2D eigenvalue weighted by Crippen LogP contribution is -1.89. The SMILES string of the molecule is COc1ccc(Cc2sc(=O)[nH]c2O)cc1O. The number of aromatic nitrogens is 1. The van der Waals surface area contributed by atoms with Gasteiger partial charge in [0, 0.05) is 6.42 Å². The molecule has 1 aromatic heterocycles. The van der Waals surface area contributed by atoms with E-state index in [1.54, 1.807) is 18.2 Å². The standard InChI is InChI=1S/C11H11NO4S/c1-16-8-3-2-6(4-7(8)13)5-9-10(14)12-11(15)17-9/h2-4,13-14H,5H2,1H3,(H,12,15). The molecular formula is C11H11NO4S. The number of phenolic OH excluding ortho intramolecular Hbond substituents is 1. The molecule has 5 nitrogen and oxygen atoms in total. The summed E-state index contributed by atoms with van der Waals surface area (Å²) in [7, 11) is 1.47. The molecule has 0 aliphatic rings. The number of benzene rings is 1. The molecule has 0 spiro atoms. The first-order valence-electron chi connectivity index (χ1n) is 4.87. The first-order valence-corrected chi connectivity index (χ1v) is 5.68. The van der Waals surface area contributed by atoms with Crippen LogP contribution in [-0.4, -0.2) is 22.3 Å². The number of rotatable bonds is 3. The predicted molar refractivity (Wildman–Crippen MR) is 64.1 cm³/mol. The van der Waals surface area contributed by atoms with Crippen LogP contribution in [0.15, 0.2) is 23.0 Å². The van der Waals surface area contributed by atoms with Gasteiger partial charge in [0.2, 0.25) is 5.88 Å². The minimum absolute atomic E-state index is 0.0346. The van der Waals surface area contributed by atoms with E-state index in [2.05, 4.69) is 4.98 Å². The van der Waals surface area contributed by atoms with Gasteiger partial charge in [-0.2, -0.15) is 0 Å². The lowest BCUT2D eigenvalue weighted by Gasteiger charge is -2.05. The third kappa shape index (κ3) is 2.42. The summed E-state index contributed by atoms with van der Waals surface area (Å²) in [5, 5.41) is 19.0. The number of methoxy groups -OCH3 is 1. The molecule has 1 aromatic carbocycles. The lowest BCUT2D eigenvalue weighted by atomic mass is 10.1. The molecule has 1 heterocycles. The molecule has 2 aromatic rings. The molecule has 0 saturated carbocycles. The first kappa shape index (κ1) is 11.5. The minimum atomic E-state index is -0.296. The fourth-order valence-corrected chi connectivity index (χ4v) is 2.26. The summed E-state index contributed by atoms with van der Waals surface area (Å²) >= 11 is 0.951. The van der Waals surface area contributed by atoms with Crippen LogP contribution in [0.25, 0.3) is 0 Å². The third-order valence-corrected chi connectivity index (χ3v) is 3.18. The molecule has 0 aliphatic heterocycles. The van der Waals surface area contributed by atoms with Gasteiger partial charge in [-0.3, -0.25) is 9.78 Å². The molecule has 0 bridgehead atoms. The fourth-order valence-electron chi connectivity index (χ4n) is 1.50. The van der Waals surface area contributed by atoms with Crippen LogP contribution >= 0.6 is 11.3 Å². The average molecular weight is 253 g/mol. The second-order valence-corrected chi connectivity index (χ2v) is 4.54. The molecular weight excluding hydrogens is 242 g/mol. The van der Waals surface area contributed by atoms with Crippen LogP contribution in [0.4, 0.5) is 0 Å². The summed E-state index contributed by atoms with van der Waals surface area (Å²) < 4.78 is 4.93. The van der Waals surface area contributed by atoms with Crippen LogP contribution in [-0.2, 0) is 6.42 Å². The van der Waals surface area contributed by atoms with Gasteiger partial charge in [-0.15, -0.1) is 0 Å². The number of hydrogen-bond donors (Lipinski definition) is 3. The van der Waals surface area contributed by atoms with Crippen molar-refractivity contribution in [2.24, 2.45) is 0 Å². The molecule has 0 fully saturated rings. The van der Waals surface area contributed by atoms with Crippen molar-refractivity contribution in [2.75, 3.05) is 7.11 Å². The molecule has 0 saturated heterocycles. The molecule has 3 N–H and O–H groups in total. The fraction of sp³-hybridized carbons (Fsp3) is 0.182. The molecule has 0 unspecified atom stereocenters. The molecule has 0 amide bonds. The topological polar surface area (TPSA) is 82.6 Å². The molecule has 0 aliphatic carbocycles. The molecule has 0 atom stereocenters. The predicted octanol–water partition coefficient (Wildman–Crippen LogP) is 1.45. The van der Waals surface area contributed by atoms with E-state index in [4.69, 9.17) is 4.74 Å². The van der Waals surface area contributed by atoms with Crippen molar-refractivity contribution < 1.29 is 14.9 Å². The van der Waals surface area contributed by atoms with Gasteiger partial charge in [0.25, 0.3) is 0 Å². The highest BCUT2D eigenvalue weighted by molar-refractivity contribution is 7.09. The molecule has 90 valence electrons. The van der Waals surface area contributed by atoms with Gasteiger partial charge < -0.3 is 14.9 Å². The van der Waals surface area contributed by atoms with E-state index in [9.17, 15) is 15.0 Å². The average Bonchev–Trinajstić information content (AvgIpc) is 2.58. The molecule has 6 heteroatoms. The number of thiazole rings is 1. The zero-order valence-corrected chi connectivity index (χ0v) is 9.87.